The van der Waals surface area contributed by atoms with Crippen LogP contribution in [0.25, 0.3) is 10.9 Å². The van der Waals surface area contributed by atoms with Crippen molar-refractivity contribution in [3.05, 3.63) is 102 Å². The van der Waals surface area contributed by atoms with Gasteiger partial charge in [-0.15, -0.1) is 0 Å². The number of carbonyl (C=O) groups is 1. The largest absolute Gasteiger partial charge is 0.488 e. The highest BCUT2D eigenvalue weighted by Gasteiger charge is 2.06. The highest BCUT2D eigenvalue weighted by atomic mass is 19.1. The molecular formula is C25H20FN3O3. The number of fused-ring (bicyclic) bond motifs is 1. The first kappa shape index (κ1) is 21.0. The summed E-state index contributed by atoms with van der Waals surface area (Å²) < 4.78 is 24.4. The number of hydrogen-bond acceptors (Lipinski definition) is 5. The lowest BCUT2D eigenvalue weighted by molar-refractivity contribution is -0.123. The molecule has 7 heteroatoms. The van der Waals surface area contributed by atoms with E-state index in [0.717, 1.165) is 10.9 Å². The zero-order valence-corrected chi connectivity index (χ0v) is 17.1. The van der Waals surface area contributed by atoms with Gasteiger partial charge in [0.15, 0.2) is 6.61 Å². The van der Waals surface area contributed by atoms with Crippen molar-refractivity contribution < 1.29 is 18.7 Å². The van der Waals surface area contributed by atoms with Gasteiger partial charge in [0.2, 0.25) is 0 Å². The van der Waals surface area contributed by atoms with E-state index in [9.17, 15) is 9.18 Å². The molecule has 0 saturated heterocycles. The molecule has 0 unspecified atom stereocenters. The number of carbonyl (C=O) groups excluding carboxylic acids is 1. The van der Waals surface area contributed by atoms with Gasteiger partial charge in [-0.05, 0) is 42.0 Å². The Kier molecular flexibility index (Phi) is 6.67. The maximum Gasteiger partial charge on any atom is 0.277 e. The minimum Gasteiger partial charge on any atom is -0.488 e. The molecule has 0 saturated carbocycles. The average molecular weight is 429 g/mol. The van der Waals surface area contributed by atoms with Crippen molar-refractivity contribution in [3.63, 3.8) is 0 Å². The number of benzene rings is 3. The van der Waals surface area contributed by atoms with Gasteiger partial charge >= 0.3 is 0 Å². The second kappa shape index (κ2) is 10.2. The molecule has 0 radical (unpaired) electrons. The Bertz CT molecular complexity index is 1240. The van der Waals surface area contributed by atoms with Crippen molar-refractivity contribution in [2.45, 2.75) is 6.61 Å². The molecule has 0 aliphatic heterocycles. The van der Waals surface area contributed by atoms with Gasteiger partial charge in [-0.1, -0.05) is 42.5 Å². The topological polar surface area (TPSA) is 72.8 Å². The third kappa shape index (κ3) is 5.46. The Morgan fingerprint density at radius 3 is 2.59 bits per heavy atom. The van der Waals surface area contributed by atoms with E-state index in [1.807, 2.05) is 42.5 Å². The number of ether oxygens (including phenoxy) is 2. The van der Waals surface area contributed by atoms with Crippen molar-refractivity contribution in [1.82, 2.24) is 10.4 Å². The number of amides is 1. The summed E-state index contributed by atoms with van der Waals surface area (Å²) in [5.41, 5.74) is 4.67. The number of hydrazone groups is 1. The summed E-state index contributed by atoms with van der Waals surface area (Å²) in [6.07, 6.45) is 3.17. The number of pyridine rings is 1. The van der Waals surface area contributed by atoms with Gasteiger partial charge in [-0.25, -0.2) is 9.82 Å². The van der Waals surface area contributed by atoms with E-state index >= 15 is 0 Å². The van der Waals surface area contributed by atoms with Crippen molar-refractivity contribution >= 4 is 23.0 Å². The van der Waals surface area contributed by atoms with E-state index in [0.29, 0.717) is 22.6 Å². The molecule has 1 aromatic heterocycles. The molecule has 1 heterocycles. The standard InChI is InChI=1S/C25H20FN3O3/c26-21-12-10-18(11-13-21)16-31-22-8-2-1-5-20(22)15-28-29-24(30)17-32-23-9-3-6-19-7-4-14-27-25(19)23/h1-15H,16-17H2,(H,29,30)/b28-15+. The van der Waals surface area contributed by atoms with Crippen LogP contribution >= 0.6 is 0 Å². The van der Waals surface area contributed by atoms with E-state index in [1.165, 1.54) is 18.3 Å². The van der Waals surface area contributed by atoms with Crippen molar-refractivity contribution in [3.8, 4) is 11.5 Å². The van der Waals surface area contributed by atoms with Crippen LogP contribution in [0.2, 0.25) is 0 Å². The predicted octanol–water partition coefficient (Wildman–Crippen LogP) is 4.48. The molecule has 0 bridgehead atoms. The lowest BCUT2D eigenvalue weighted by Gasteiger charge is -2.09. The molecular weight excluding hydrogens is 409 g/mol. The molecule has 1 N–H and O–H groups in total. The molecule has 0 spiro atoms. The number of nitrogens with zero attached hydrogens (tertiary/aromatic N) is 2. The van der Waals surface area contributed by atoms with Crippen LogP contribution in [0.5, 0.6) is 11.5 Å². The monoisotopic (exact) mass is 429 g/mol. The van der Waals surface area contributed by atoms with Gasteiger partial charge < -0.3 is 9.47 Å². The van der Waals surface area contributed by atoms with E-state index < -0.39 is 5.91 Å². The Morgan fingerprint density at radius 1 is 0.938 bits per heavy atom. The van der Waals surface area contributed by atoms with Crippen molar-refractivity contribution in [1.29, 1.82) is 0 Å². The predicted molar refractivity (Wildman–Crippen MR) is 120 cm³/mol. The Labute approximate surface area is 184 Å². The fourth-order valence-electron chi connectivity index (χ4n) is 3.00. The zero-order chi connectivity index (χ0) is 22.2. The SMILES string of the molecule is O=C(COc1cccc2cccnc12)N/N=C/c1ccccc1OCc1ccc(F)cc1. The molecule has 1 amide bonds. The first-order valence-corrected chi connectivity index (χ1v) is 9.94. The first-order valence-electron chi connectivity index (χ1n) is 9.94. The molecule has 0 aliphatic rings. The highest BCUT2D eigenvalue weighted by molar-refractivity contribution is 5.86. The van der Waals surface area contributed by atoms with Crippen LogP contribution in [-0.4, -0.2) is 23.7 Å². The Morgan fingerprint density at radius 2 is 1.72 bits per heavy atom. The van der Waals surface area contributed by atoms with Gasteiger partial charge in [-0.2, -0.15) is 5.10 Å². The number of rotatable bonds is 8. The maximum absolute atomic E-state index is 13.0. The number of nitrogens with one attached hydrogen (secondary N) is 1. The fraction of sp³-hybridized carbons (Fsp3) is 0.0800. The smallest absolute Gasteiger partial charge is 0.277 e. The van der Waals surface area contributed by atoms with E-state index in [1.54, 1.807) is 30.5 Å². The quantitative estimate of drug-likeness (QED) is 0.331. The van der Waals surface area contributed by atoms with Crippen LogP contribution in [0.4, 0.5) is 4.39 Å². The fourth-order valence-corrected chi connectivity index (χ4v) is 3.00. The second-order valence-electron chi connectivity index (χ2n) is 6.87. The van der Waals surface area contributed by atoms with Crippen LogP contribution in [0.15, 0.2) is 90.2 Å². The van der Waals surface area contributed by atoms with Gasteiger partial charge in [0.25, 0.3) is 5.91 Å². The molecule has 0 aliphatic carbocycles. The summed E-state index contributed by atoms with van der Waals surface area (Å²) in [6.45, 7) is 0.0835. The van der Waals surface area contributed by atoms with Crippen molar-refractivity contribution in [2.75, 3.05) is 6.61 Å². The summed E-state index contributed by atoms with van der Waals surface area (Å²) >= 11 is 0. The van der Waals surface area contributed by atoms with Crippen LogP contribution in [-0.2, 0) is 11.4 Å². The van der Waals surface area contributed by atoms with Crippen LogP contribution in [0.3, 0.4) is 0 Å². The maximum atomic E-state index is 13.0. The van der Waals surface area contributed by atoms with E-state index in [-0.39, 0.29) is 19.0 Å². The number of aromatic nitrogens is 1. The van der Waals surface area contributed by atoms with Gasteiger partial charge in [-0.3, -0.25) is 9.78 Å². The lowest BCUT2D eigenvalue weighted by atomic mass is 10.2. The summed E-state index contributed by atoms with van der Waals surface area (Å²) in [6, 6.07) is 22.7. The molecule has 0 atom stereocenters. The summed E-state index contributed by atoms with van der Waals surface area (Å²) in [5.74, 6) is 0.422. The van der Waals surface area contributed by atoms with Crippen LogP contribution in [0.1, 0.15) is 11.1 Å². The van der Waals surface area contributed by atoms with Gasteiger partial charge in [0, 0.05) is 17.1 Å². The zero-order valence-electron chi connectivity index (χ0n) is 17.1. The highest BCUT2D eigenvalue weighted by Crippen LogP contribution is 2.22. The Hall–Kier alpha value is -4.26. The third-order valence-corrected chi connectivity index (χ3v) is 4.57. The van der Waals surface area contributed by atoms with Crippen molar-refractivity contribution in [2.24, 2.45) is 5.10 Å². The van der Waals surface area contributed by atoms with Crippen LogP contribution < -0.4 is 14.9 Å². The number of hydrogen-bond donors (Lipinski definition) is 1. The lowest BCUT2D eigenvalue weighted by Crippen LogP contribution is -2.24. The first-order chi connectivity index (χ1) is 15.7. The van der Waals surface area contributed by atoms with Gasteiger partial charge in [0.1, 0.15) is 29.4 Å². The normalized spacial score (nSPS) is 10.9. The summed E-state index contributed by atoms with van der Waals surface area (Å²) in [4.78, 5) is 16.4. The number of halogens is 1. The minimum absolute atomic E-state index is 0.199. The minimum atomic E-state index is -0.404. The van der Waals surface area contributed by atoms with E-state index in [2.05, 4.69) is 15.5 Å². The Balaban J connectivity index is 1.32. The number of para-hydroxylation sites is 2. The molecule has 160 valence electrons. The second-order valence-corrected chi connectivity index (χ2v) is 6.87. The summed E-state index contributed by atoms with van der Waals surface area (Å²) in [7, 11) is 0. The average Bonchev–Trinajstić information content (AvgIpc) is 2.83. The molecule has 32 heavy (non-hydrogen) atoms. The van der Waals surface area contributed by atoms with E-state index in [4.69, 9.17) is 9.47 Å². The molecule has 4 aromatic rings. The molecule has 4 rings (SSSR count). The third-order valence-electron chi connectivity index (χ3n) is 4.57. The van der Waals surface area contributed by atoms with Gasteiger partial charge in [0.05, 0.1) is 6.21 Å². The summed E-state index contributed by atoms with van der Waals surface area (Å²) in [5, 5.41) is 4.92. The molecule has 0 fully saturated rings. The molecule has 3 aromatic carbocycles. The van der Waals surface area contributed by atoms with Crippen LogP contribution in [0, 0.1) is 5.82 Å². The molecule has 6 nitrogen and oxygen atoms in total.